The standard InChI is InChI=1S/C26H20N3/c1-14-11-15(2)24-21(16(14)3)25-23-17(9-10-28(25)4)12-18(13-27)22-19-7-5-6-8-20(19)29(24)26(22)23/h5-12H,1-4H3/q+1. The van der Waals surface area contributed by atoms with Gasteiger partial charge in [0.05, 0.1) is 39.0 Å². The Morgan fingerprint density at radius 3 is 2.48 bits per heavy atom. The lowest BCUT2D eigenvalue weighted by molar-refractivity contribution is -0.643. The number of para-hydroxylation sites is 1. The lowest BCUT2D eigenvalue weighted by Crippen LogP contribution is -2.29. The van der Waals surface area contributed by atoms with E-state index in [-0.39, 0.29) is 0 Å². The van der Waals surface area contributed by atoms with Gasteiger partial charge in [-0.3, -0.25) is 0 Å². The van der Waals surface area contributed by atoms with Gasteiger partial charge in [-0.2, -0.15) is 5.26 Å². The molecule has 0 N–H and O–H groups in total. The summed E-state index contributed by atoms with van der Waals surface area (Å²) in [4.78, 5) is 0. The molecule has 3 nitrogen and oxygen atoms in total. The molecule has 0 radical (unpaired) electrons. The summed E-state index contributed by atoms with van der Waals surface area (Å²) < 4.78 is 4.64. The molecule has 138 valence electrons. The second-order valence-corrected chi connectivity index (χ2v) is 8.21. The number of benzene rings is 3. The molecular formula is C26H20N3+. The molecule has 0 bridgehead atoms. The zero-order valence-electron chi connectivity index (χ0n) is 17.0. The van der Waals surface area contributed by atoms with E-state index in [1.807, 2.05) is 0 Å². The molecule has 3 heteroatoms. The molecule has 0 saturated carbocycles. The zero-order valence-corrected chi connectivity index (χ0v) is 17.0. The van der Waals surface area contributed by atoms with Crippen LogP contribution in [-0.2, 0) is 7.05 Å². The Labute approximate surface area is 168 Å². The van der Waals surface area contributed by atoms with Gasteiger partial charge in [0, 0.05) is 16.8 Å². The fraction of sp³-hybridized carbons (Fsp3) is 0.154. The van der Waals surface area contributed by atoms with E-state index in [0.29, 0.717) is 0 Å². The van der Waals surface area contributed by atoms with Gasteiger partial charge in [-0.05, 0) is 55.0 Å². The zero-order chi connectivity index (χ0) is 20.0. The van der Waals surface area contributed by atoms with Crippen LogP contribution in [0, 0.1) is 32.1 Å². The van der Waals surface area contributed by atoms with E-state index in [0.717, 1.165) is 32.8 Å². The Balaban J connectivity index is 2.19. The highest BCUT2D eigenvalue weighted by Crippen LogP contribution is 2.43. The summed E-state index contributed by atoms with van der Waals surface area (Å²) in [6, 6.07) is 17.4. The summed E-state index contributed by atoms with van der Waals surface area (Å²) >= 11 is 0. The summed E-state index contributed by atoms with van der Waals surface area (Å²) in [5.74, 6) is 0. The molecule has 0 aliphatic rings. The number of hydrogen-bond donors (Lipinski definition) is 0. The fourth-order valence-electron chi connectivity index (χ4n) is 5.28. The van der Waals surface area contributed by atoms with Crippen molar-refractivity contribution in [3.8, 4) is 6.07 Å². The third-order valence-electron chi connectivity index (χ3n) is 6.63. The van der Waals surface area contributed by atoms with Crippen molar-refractivity contribution in [2.24, 2.45) is 7.05 Å². The number of pyridine rings is 2. The second kappa shape index (κ2) is 5.24. The minimum atomic E-state index is 0.743. The van der Waals surface area contributed by atoms with Crippen LogP contribution in [0.25, 0.3) is 49.0 Å². The van der Waals surface area contributed by atoms with Crippen LogP contribution in [0.2, 0.25) is 0 Å². The maximum atomic E-state index is 9.97. The quantitative estimate of drug-likeness (QED) is 0.193. The van der Waals surface area contributed by atoms with E-state index in [4.69, 9.17) is 0 Å². The third kappa shape index (κ3) is 1.80. The maximum Gasteiger partial charge on any atom is 0.224 e. The van der Waals surface area contributed by atoms with E-state index in [2.05, 4.69) is 91.5 Å². The minimum absolute atomic E-state index is 0.743. The maximum absolute atomic E-state index is 9.97. The van der Waals surface area contributed by atoms with Crippen molar-refractivity contribution >= 4 is 49.0 Å². The predicted molar refractivity (Wildman–Crippen MR) is 119 cm³/mol. The molecule has 0 unspecified atom stereocenters. The highest BCUT2D eigenvalue weighted by molar-refractivity contribution is 6.28. The van der Waals surface area contributed by atoms with Crippen LogP contribution in [0.3, 0.4) is 0 Å². The Morgan fingerprint density at radius 2 is 1.69 bits per heavy atom. The molecule has 0 atom stereocenters. The number of nitrogens with zero attached hydrogens (tertiary/aromatic N) is 3. The largest absolute Gasteiger partial charge is 0.307 e. The van der Waals surface area contributed by atoms with Gasteiger partial charge < -0.3 is 4.40 Å². The number of aromatic nitrogens is 2. The van der Waals surface area contributed by atoms with Crippen molar-refractivity contribution in [2.45, 2.75) is 20.8 Å². The van der Waals surface area contributed by atoms with Crippen molar-refractivity contribution in [1.29, 1.82) is 5.26 Å². The van der Waals surface area contributed by atoms with Crippen molar-refractivity contribution in [1.82, 2.24) is 4.40 Å². The van der Waals surface area contributed by atoms with Crippen LogP contribution >= 0.6 is 0 Å². The molecule has 3 heterocycles. The topological polar surface area (TPSA) is 32.1 Å². The van der Waals surface area contributed by atoms with Gasteiger partial charge >= 0.3 is 0 Å². The average Bonchev–Trinajstić information content (AvgIpc) is 3.07. The fourth-order valence-corrected chi connectivity index (χ4v) is 5.28. The number of rotatable bonds is 0. The molecule has 29 heavy (non-hydrogen) atoms. The molecule has 6 rings (SSSR count). The molecule has 0 saturated heterocycles. The average molecular weight is 374 g/mol. The van der Waals surface area contributed by atoms with E-state index < -0.39 is 0 Å². The highest BCUT2D eigenvalue weighted by atomic mass is 15.0. The molecule has 0 spiro atoms. The summed E-state index contributed by atoms with van der Waals surface area (Å²) in [5.41, 5.74) is 9.43. The van der Waals surface area contributed by atoms with Gasteiger partial charge in [0.15, 0.2) is 6.20 Å². The predicted octanol–water partition coefficient (Wildman–Crippen LogP) is 5.61. The normalized spacial score (nSPS) is 12.1. The van der Waals surface area contributed by atoms with E-state index in [9.17, 15) is 5.26 Å². The van der Waals surface area contributed by atoms with Gasteiger partial charge in [0.2, 0.25) is 5.52 Å². The molecule has 0 aliphatic carbocycles. The highest BCUT2D eigenvalue weighted by Gasteiger charge is 2.26. The van der Waals surface area contributed by atoms with Crippen molar-refractivity contribution in [3.05, 3.63) is 70.9 Å². The molecule has 0 amide bonds. The molecule has 3 aromatic heterocycles. The first kappa shape index (κ1) is 16.3. The Morgan fingerprint density at radius 1 is 0.897 bits per heavy atom. The lowest BCUT2D eigenvalue weighted by Gasteiger charge is -2.16. The van der Waals surface area contributed by atoms with Gasteiger partial charge in [-0.15, -0.1) is 0 Å². The molecule has 0 aliphatic heterocycles. The smallest absolute Gasteiger partial charge is 0.224 e. The SMILES string of the molecule is Cc1cc(C)c2c(c1C)c1c3c(cc[n+]1C)cc(C#N)c1c4ccccc4n2c13. The summed E-state index contributed by atoms with van der Waals surface area (Å²) in [7, 11) is 2.12. The minimum Gasteiger partial charge on any atom is -0.307 e. The lowest BCUT2D eigenvalue weighted by atomic mass is 9.94. The molecule has 3 aromatic carbocycles. The van der Waals surface area contributed by atoms with Crippen LogP contribution in [0.5, 0.6) is 0 Å². The molecule has 0 fully saturated rings. The monoisotopic (exact) mass is 374 g/mol. The first-order chi connectivity index (χ1) is 14.0. The van der Waals surface area contributed by atoms with Gasteiger partial charge in [0.25, 0.3) is 0 Å². The van der Waals surface area contributed by atoms with Crippen molar-refractivity contribution < 1.29 is 4.57 Å². The van der Waals surface area contributed by atoms with Crippen LogP contribution in [0.15, 0.2) is 48.7 Å². The number of nitriles is 1. The van der Waals surface area contributed by atoms with Crippen LogP contribution in [0.1, 0.15) is 22.3 Å². The van der Waals surface area contributed by atoms with Gasteiger partial charge in [-0.25, -0.2) is 4.57 Å². The second-order valence-electron chi connectivity index (χ2n) is 8.21. The number of aryl methyl sites for hydroxylation is 4. The molecule has 6 aromatic rings. The first-order valence-corrected chi connectivity index (χ1v) is 9.93. The Bertz CT molecular complexity index is 1690. The Hall–Kier alpha value is -3.64. The summed E-state index contributed by atoms with van der Waals surface area (Å²) in [6.45, 7) is 6.62. The van der Waals surface area contributed by atoms with Gasteiger partial charge in [-0.1, -0.05) is 24.3 Å². The summed E-state index contributed by atoms with van der Waals surface area (Å²) in [6.07, 6.45) is 2.11. The van der Waals surface area contributed by atoms with Crippen molar-refractivity contribution in [3.63, 3.8) is 0 Å². The van der Waals surface area contributed by atoms with Crippen molar-refractivity contribution in [2.75, 3.05) is 0 Å². The van der Waals surface area contributed by atoms with E-state index in [1.54, 1.807) is 0 Å². The van der Waals surface area contributed by atoms with E-state index >= 15 is 0 Å². The van der Waals surface area contributed by atoms with Crippen LogP contribution < -0.4 is 4.57 Å². The van der Waals surface area contributed by atoms with Crippen LogP contribution in [-0.4, -0.2) is 4.40 Å². The van der Waals surface area contributed by atoms with Crippen LogP contribution in [0.4, 0.5) is 0 Å². The van der Waals surface area contributed by atoms with Gasteiger partial charge in [0.1, 0.15) is 7.05 Å². The first-order valence-electron chi connectivity index (χ1n) is 9.93. The molecular weight excluding hydrogens is 354 g/mol. The van der Waals surface area contributed by atoms with E-state index in [1.165, 1.54) is 38.5 Å². The third-order valence-corrected chi connectivity index (χ3v) is 6.63. The Kier molecular flexibility index (Phi) is 2.95. The summed E-state index contributed by atoms with van der Waals surface area (Å²) in [5, 5.41) is 15.8. The number of hydrogen-bond acceptors (Lipinski definition) is 1. The number of fused-ring (bicyclic) bond motifs is 6.